The first-order valence-electron chi connectivity index (χ1n) is 6.96. The van der Waals surface area contributed by atoms with E-state index < -0.39 is 5.97 Å². The van der Waals surface area contributed by atoms with Gasteiger partial charge in [0.25, 0.3) is 0 Å². The van der Waals surface area contributed by atoms with Gasteiger partial charge < -0.3 is 10.4 Å². The van der Waals surface area contributed by atoms with E-state index in [-0.39, 0.29) is 6.42 Å². The number of para-hydroxylation sites is 1. The predicted octanol–water partition coefficient (Wildman–Crippen LogP) is 1.97. The summed E-state index contributed by atoms with van der Waals surface area (Å²) in [7, 11) is 0. The van der Waals surface area contributed by atoms with Crippen LogP contribution in [0.1, 0.15) is 26.2 Å². The zero-order chi connectivity index (χ0) is 15.1. The van der Waals surface area contributed by atoms with Crippen molar-refractivity contribution in [3.63, 3.8) is 0 Å². The standard InChI is InChI=1S/C14H19N5O2/c1-11(7-8-13(20)21)9-10-15-14-16-17-18-19(14)12-5-3-2-4-6-12/h2-6,11H,7-10H2,1H3,(H,20,21)(H,15,16,18). The van der Waals surface area contributed by atoms with E-state index in [9.17, 15) is 4.79 Å². The van der Waals surface area contributed by atoms with E-state index in [1.165, 1.54) is 0 Å². The first kappa shape index (κ1) is 15.0. The van der Waals surface area contributed by atoms with Gasteiger partial charge in [0.1, 0.15) is 0 Å². The van der Waals surface area contributed by atoms with Gasteiger partial charge in [-0.05, 0) is 41.3 Å². The molecule has 2 aromatic rings. The molecule has 0 spiro atoms. The summed E-state index contributed by atoms with van der Waals surface area (Å²) in [4.78, 5) is 10.5. The molecule has 0 saturated carbocycles. The number of aliphatic carboxylic acids is 1. The van der Waals surface area contributed by atoms with Crippen molar-refractivity contribution in [1.29, 1.82) is 0 Å². The fourth-order valence-corrected chi connectivity index (χ4v) is 1.99. The summed E-state index contributed by atoms with van der Waals surface area (Å²) < 4.78 is 1.64. The summed E-state index contributed by atoms with van der Waals surface area (Å²) in [5.74, 6) is 0.184. The highest BCUT2D eigenvalue weighted by molar-refractivity contribution is 5.66. The van der Waals surface area contributed by atoms with Crippen LogP contribution in [0.3, 0.4) is 0 Å². The Hall–Kier alpha value is -2.44. The second-order valence-corrected chi connectivity index (χ2v) is 5.00. The lowest BCUT2D eigenvalue weighted by Crippen LogP contribution is -2.12. The molecule has 1 aromatic carbocycles. The van der Waals surface area contributed by atoms with Gasteiger partial charge in [-0.3, -0.25) is 4.79 Å². The molecule has 2 N–H and O–H groups in total. The van der Waals surface area contributed by atoms with Crippen LogP contribution in [0.4, 0.5) is 5.95 Å². The predicted molar refractivity (Wildman–Crippen MR) is 78.3 cm³/mol. The topological polar surface area (TPSA) is 92.9 Å². The molecule has 0 aliphatic rings. The SMILES string of the molecule is CC(CCNc1nnnn1-c1ccccc1)CCC(=O)O. The van der Waals surface area contributed by atoms with E-state index in [4.69, 9.17) is 5.11 Å². The van der Waals surface area contributed by atoms with Gasteiger partial charge in [-0.25, -0.2) is 0 Å². The number of tetrazole rings is 1. The molecule has 0 radical (unpaired) electrons. The van der Waals surface area contributed by atoms with E-state index >= 15 is 0 Å². The van der Waals surface area contributed by atoms with Crippen molar-refractivity contribution in [3.8, 4) is 5.69 Å². The van der Waals surface area contributed by atoms with Crippen molar-refractivity contribution in [1.82, 2.24) is 20.2 Å². The molecule has 0 aliphatic carbocycles. The molecular formula is C14H19N5O2. The molecule has 2 rings (SSSR count). The van der Waals surface area contributed by atoms with Crippen LogP contribution in [-0.4, -0.2) is 37.8 Å². The summed E-state index contributed by atoms with van der Waals surface area (Å²) in [6.07, 6.45) is 1.76. The smallest absolute Gasteiger partial charge is 0.303 e. The van der Waals surface area contributed by atoms with Gasteiger partial charge in [-0.2, -0.15) is 4.68 Å². The summed E-state index contributed by atoms with van der Waals surface area (Å²) >= 11 is 0. The summed E-state index contributed by atoms with van der Waals surface area (Å²) in [6.45, 7) is 2.75. The zero-order valence-electron chi connectivity index (χ0n) is 11.9. The molecule has 0 bridgehead atoms. The number of hydrogen-bond donors (Lipinski definition) is 2. The molecule has 0 fully saturated rings. The van der Waals surface area contributed by atoms with E-state index in [0.29, 0.717) is 24.8 Å². The van der Waals surface area contributed by atoms with Crippen LogP contribution < -0.4 is 5.32 Å². The number of carbonyl (C=O) groups is 1. The first-order valence-corrected chi connectivity index (χ1v) is 6.96. The molecule has 112 valence electrons. The highest BCUT2D eigenvalue weighted by atomic mass is 16.4. The lowest BCUT2D eigenvalue weighted by atomic mass is 10.0. The van der Waals surface area contributed by atoms with Crippen LogP contribution in [0.5, 0.6) is 0 Å². The van der Waals surface area contributed by atoms with Crippen molar-refractivity contribution in [2.45, 2.75) is 26.2 Å². The van der Waals surface area contributed by atoms with Crippen LogP contribution >= 0.6 is 0 Å². The number of anilines is 1. The Balaban J connectivity index is 1.85. The lowest BCUT2D eigenvalue weighted by Gasteiger charge is -2.11. The Morgan fingerprint density at radius 1 is 1.33 bits per heavy atom. The third-order valence-corrected chi connectivity index (χ3v) is 3.24. The molecule has 1 atom stereocenters. The van der Waals surface area contributed by atoms with Gasteiger partial charge in [0.2, 0.25) is 5.95 Å². The number of carboxylic acid groups (broad SMARTS) is 1. The number of hydrogen-bond acceptors (Lipinski definition) is 5. The molecule has 0 aliphatic heterocycles. The highest BCUT2D eigenvalue weighted by Gasteiger charge is 2.09. The number of rotatable bonds is 8. The zero-order valence-corrected chi connectivity index (χ0v) is 11.9. The third-order valence-electron chi connectivity index (χ3n) is 3.24. The molecule has 1 heterocycles. The summed E-state index contributed by atoms with van der Waals surface area (Å²) in [5, 5.41) is 23.4. The Bertz CT molecular complexity index is 570. The molecule has 1 unspecified atom stereocenters. The fourth-order valence-electron chi connectivity index (χ4n) is 1.99. The van der Waals surface area contributed by atoms with Gasteiger partial charge in [0.05, 0.1) is 5.69 Å². The van der Waals surface area contributed by atoms with E-state index in [1.807, 2.05) is 37.3 Å². The number of nitrogens with one attached hydrogen (secondary N) is 1. The number of benzene rings is 1. The van der Waals surface area contributed by atoms with Gasteiger partial charge in [-0.15, -0.1) is 0 Å². The fraction of sp³-hybridized carbons (Fsp3) is 0.429. The molecule has 7 heteroatoms. The van der Waals surface area contributed by atoms with Gasteiger partial charge in [0.15, 0.2) is 0 Å². The number of nitrogens with zero attached hydrogens (tertiary/aromatic N) is 4. The molecule has 0 saturated heterocycles. The van der Waals surface area contributed by atoms with Gasteiger partial charge in [-0.1, -0.05) is 30.2 Å². The van der Waals surface area contributed by atoms with Crippen LogP contribution in [0.15, 0.2) is 30.3 Å². The molecular weight excluding hydrogens is 270 g/mol. The normalized spacial score (nSPS) is 12.0. The number of carboxylic acids is 1. The maximum atomic E-state index is 10.5. The van der Waals surface area contributed by atoms with E-state index in [0.717, 1.165) is 12.1 Å². The maximum Gasteiger partial charge on any atom is 0.303 e. The largest absolute Gasteiger partial charge is 0.481 e. The molecule has 7 nitrogen and oxygen atoms in total. The number of aromatic nitrogens is 4. The van der Waals surface area contributed by atoms with Crippen LogP contribution in [-0.2, 0) is 4.79 Å². The van der Waals surface area contributed by atoms with Crippen molar-refractivity contribution in [2.75, 3.05) is 11.9 Å². The second kappa shape index (κ2) is 7.37. The van der Waals surface area contributed by atoms with Crippen molar-refractivity contribution in [2.24, 2.45) is 5.92 Å². The van der Waals surface area contributed by atoms with Crippen molar-refractivity contribution in [3.05, 3.63) is 30.3 Å². The Morgan fingerprint density at radius 3 is 2.81 bits per heavy atom. The summed E-state index contributed by atoms with van der Waals surface area (Å²) in [5.41, 5.74) is 0.893. The Kier molecular flexibility index (Phi) is 5.25. The van der Waals surface area contributed by atoms with Gasteiger partial charge in [0, 0.05) is 13.0 Å². The van der Waals surface area contributed by atoms with Crippen molar-refractivity contribution >= 4 is 11.9 Å². The monoisotopic (exact) mass is 289 g/mol. The first-order chi connectivity index (χ1) is 10.2. The molecule has 0 amide bonds. The second-order valence-electron chi connectivity index (χ2n) is 5.00. The van der Waals surface area contributed by atoms with E-state index in [2.05, 4.69) is 20.8 Å². The van der Waals surface area contributed by atoms with Crippen molar-refractivity contribution < 1.29 is 9.90 Å². The Labute approximate surface area is 123 Å². The summed E-state index contributed by atoms with van der Waals surface area (Å²) in [6, 6.07) is 9.64. The molecule has 21 heavy (non-hydrogen) atoms. The van der Waals surface area contributed by atoms with Crippen LogP contribution in [0.2, 0.25) is 0 Å². The Morgan fingerprint density at radius 2 is 2.10 bits per heavy atom. The minimum atomic E-state index is -0.747. The van der Waals surface area contributed by atoms with E-state index in [1.54, 1.807) is 4.68 Å². The van der Waals surface area contributed by atoms with Crippen LogP contribution in [0.25, 0.3) is 5.69 Å². The highest BCUT2D eigenvalue weighted by Crippen LogP contribution is 2.13. The average molecular weight is 289 g/mol. The maximum absolute atomic E-state index is 10.5. The minimum absolute atomic E-state index is 0.211. The minimum Gasteiger partial charge on any atom is -0.481 e. The lowest BCUT2D eigenvalue weighted by molar-refractivity contribution is -0.137. The van der Waals surface area contributed by atoms with Crippen LogP contribution in [0, 0.1) is 5.92 Å². The average Bonchev–Trinajstić information content (AvgIpc) is 2.94. The quantitative estimate of drug-likeness (QED) is 0.771. The molecule has 1 aromatic heterocycles. The third kappa shape index (κ3) is 4.55. The van der Waals surface area contributed by atoms with Gasteiger partial charge >= 0.3 is 5.97 Å².